The summed E-state index contributed by atoms with van der Waals surface area (Å²) in [5.41, 5.74) is 2.87. The van der Waals surface area contributed by atoms with Gasteiger partial charge in [-0.3, -0.25) is 13.9 Å². The van der Waals surface area contributed by atoms with Crippen LogP contribution in [0.15, 0.2) is 95.9 Å². The number of halogens is 3. The van der Waals surface area contributed by atoms with Gasteiger partial charge < -0.3 is 10.2 Å². The first-order chi connectivity index (χ1) is 22.0. The Labute approximate surface area is 292 Å². The number of rotatable bonds is 11. The van der Waals surface area contributed by atoms with Crippen molar-refractivity contribution in [2.75, 3.05) is 10.8 Å². The molecule has 47 heavy (non-hydrogen) atoms. The van der Waals surface area contributed by atoms with Crippen molar-refractivity contribution in [1.29, 1.82) is 0 Å². The Morgan fingerprint density at radius 1 is 0.809 bits per heavy atom. The summed E-state index contributed by atoms with van der Waals surface area (Å²) in [6.07, 6.45) is 0.174. The van der Waals surface area contributed by atoms with Gasteiger partial charge in [-0.1, -0.05) is 77.3 Å². The van der Waals surface area contributed by atoms with E-state index in [9.17, 15) is 18.0 Å². The highest BCUT2D eigenvalue weighted by atomic mass is 35.5. The second kappa shape index (κ2) is 15.1. The summed E-state index contributed by atoms with van der Waals surface area (Å²) in [7, 11) is -4.27. The van der Waals surface area contributed by atoms with Gasteiger partial charge in [-0.15, -0.1) is 0 Å². The molecule has 4 rings (SSSR count). The average Bonchev–Trinajstić information content (AvgIpc) is 2.99. The second-order valence-electron chi connectivity index (χ2n) is 12.4. The normalized spacial score (nSPS) is 12.3. The minimum atomic E-state index is -4.27. The standard InChI is InChI=1S/C36H38Cl3N3O4S/c1-24-11-16-30(19-25(24)2)42(47(45,46)31-17-14-28(37)15-18-31)23-34(43)41(22-27-12-13-29(38)21-32(27)39)33(35(44)40-36(3,4)5)20-26-9-7-6-8-10-26/h6-19,21,33H,20,22-23H2,1-5H3,(H,40,44). The summed E-state index contributed by atoms with van der Waals surface area (Å²) in [6.45, 7) is 8.68. The SMILES string of the molecule is Cc1ccc(N(CC(=O)N(Cc2ccc(Cl)cc2Cl)C(Cc2ccccc2)C(=O)NC(C)(C)C)S(=O)(=O)c2ccc(Cl)cc2)cc1C. The van der Waals surface area contributed by atoms with E-state index in [0.29, 0.717) is 26.3 Å². The summed E-state index contributed by atoms with van der Waals surface area (Å²) in [6, 6.07) is 24.2. The molecule has 0 radical (unpaired) electrons. The largest absolute Gasteiger partial charge is 0.350 e. The van der Waals surface area contributed by atoms with E-state index in [4.69, 9.17) is 34.8 Å². The number of anilines is 1. The maximum Gasteiger partial charge on any atom is 0.264 e. The number of carbonyl (C=O) groups is 2. The Morgan fingerprint density at radius 3 is 2.04 bits per heavy atom. The van der Waals surface area contributed by atoms with Gasteiger partial charge in [-0.2, -0.15) is 0 Å². The molecule has 1 atom stereocenters. The van der Waals surface area contributed by atoms with Crippen molar-refractivity contribution >= 4 is 62.3 Å². The van der Waals surface area contributed by atoms with Gasteiger partial charge in [0.2, 0.25) is 11.8 Å². The van der Waals surface area contributed by atoms with E-state index < -0.39 is 40.0 Å². The zero-order valence-corrected chi connectivity index (χ0v) is 30.0. The number of sulfonamides is 1. The van der Waals surface area contributed by atoms with Crippen molar-refractivity contribution < 1.29 is 18.0 Å². The van der Waals surface area contributed by atoms with Crippen LogP contribution in [-0.4, -0.2) is 43.3 Å². The molecule has 4 aromatic carbocycles. The van der Waals surface area contributed by atoms with Gasteiger partial charge in [0.25, 0.3) is 10.0 Å². The molecular formula is C36H38Cl3N3O4S. The van der Waals surface area contributed by atoms with Gasteiger partial charge in [0, 0.05) is 33.6 Å². The van der Waals surface area contributed by atoms with E-state index in [1.165, 1.54) is 29.2 Å². The first-order valence-corrected chi connectivity index (χ1v) is 17.6. The van der Waals surface area contributed by atoms with Crippen molar-refractivity contribution in [2.24, 2.45) is 0 Å². The number of hydrogen-bond donors (Lipinski definition) is 1. The molecule has 1 unspecified atom stereocenters. The monoisotopic (exact) mass is 713 g/mol. The zero-order chi connectivity index (χ0) is 34.5. The Balaban J connectivity index is 1.86. The molecular weight excluding hydrogens is 677 g/mol. The van der Waals surface area contributed by atoms with Crippen LogP contribution < -0.4 is 9.62 Å². The molecule has 0 spiro atoms. The fourth-order valence-corrected chi connectivity index (χ4v) is 6.98. The summed E-state index contributed by atoms with van der Waals surface area (Å²) < 4.78 is 29.5. The first kappa shape index (κ1) is 36.3. The number of nitrogens with one attached hydrogen (secondary N) is 1. The molecule has 0 bridgehead atoms. The maximum atomic E-state index is 14.6. The lowest BCUT2D eigenvalue weighted by molar-refractivity contribution is -0.140. The van der Waals surface area contributed by atoms with Crippen LogP contribution in [0.3, 0.4) is 0 Å². The third-order valence-corrected chi connectivity index (χ3v) is 10.2. The highest BCUT2D eigenvalue weighted by Gasteiger charge is 2.36. The minimum absolute atomic E-state index is 0.0356. The molecule has 11 heteroatoms. The van der Waals surface area contributed by atoms with E-state index in [1.807, 2.05) is 65.0 Å². The third kappa shape index (κ3) is 9.51. The van der Waals surface area contributed by atoms with Crippen LogP contribution in [-0.2, 0) is 32.6 Å². The van der Waals surface area contributed by atoms with Crippen molar-refractivity contribution in [3.05, 3.63) is 128 Å². The quantitative estimate of drug-likeness (QED) is 0.171. The molecule has 2 amide bonds. The molecule has 4 aromatic rings. The zero-order valence-electron chi connectivity index (χ0n) is 26.9. The number of aryl methyl sites for hydroxylation is 2. The molecule has 0 aromatic heterocycles. The van der Waals surface area contributed by atoms with Gasteiger partial charge in [0.05, 0.1) is 10.6 Å². The predicted octanol–water partition coefficient (Wildman–Crippen LogP) is 8.01. The predicted molar refractivity (Wildman–Crippen MR) is 191 cm³/mol. The molecule has 0 aliphatic rings. The Hall–Kier alpha value is -3.56. The number of hydrogen-bond acceptors (Lipinski definition) is 4. The summed E-state index contributed by atoms with van der Waals surface area (Å²) >= 11 is 18.8. The second-order valence-corrected chi connectivity index (χ2v) is 15.6. The van der Waals surface area contributed by atoms with Crippen molar-refractivity contribution in [2.45, 2.75) is 64.1 Å². The summed E-state index contributed by atoms with van der Waals surface area (Å²) in [4.78, 5) is 30.0. The topological polar surface area (TPSA) is 86.8 Å². The number of benzene rings is 4. The summed E-state index contributed by atoms with van der Waals surface area (Å²) in [5, 5.41) is 4.11. The Bertz CT molecular complexity index is 1840. The number of amides is 2. The molecule has 0 saturated heterocycles. The average molecular weight is 715 g/mol. The molecule has 0 saturated carbocycles. The first-order valence-electron chi connectivity index (χ1n) is 15.0. The van der Waals surface area contributed by atoms with Crippen LogP contribution in [0, 0.1) is 13.8 Å². The summed E-state index contributed by atoms with van der Waals surface area (Å²) in [5.74, 6) is -0.991. The Kier molecular flexibility index (Phi) is 11.7. The van der Waals surface area contributed by atoms with Crippen LogP contribution in [0.4, 0.5) is 5.69 Å². The van der Waals surface area contributed by atoms with E-state index in [0.717, 1.165) is 21.0 Å². The van der Waals surface area contributed by atoms with Crippen molar-refractivity contribution in [3.63, 3.8) is 0 Å². The molecule has 0 heterocycles. The minimum Gasteiger partial charge on any atom is -0.350 e. The molecule has 0 fully saturated rings. The van der Waals surface area contributed by atoms with Gasteiger partial charge in [0.1, 0.15) is 12.6 Å². The van der Waals surface area contributed by atoms with Crippen LogP contribution in [0.2, 0.25) is 15.1 Å². The molecule has 248 valence electrons. The lowest BCUT2D eigenvalue weighted by atomic mass is 10.0. The molecule has 1 N–H and O–H groups in total. The number of carbonyl (C=O) groups excluding carboxylic acids is 2. The molecule has 0 aliphatic heterocycles. The fraction of sp³-hybridized carbons (Fsp3) is 0.278. The Morgan fingerprint density at radius 2 is 1.45 bits per heavy atom. The molecule has 0 aliphatic carbocycles. The van der Waals surface area contributed by atoms with Crippen LogP contribution in [0.5, 0.6) is 0 Å². The third-order valence-electron chi connectivity index (χ3n) is 7.58. The van der Waals surface area contributed by atoms with Gasteiger partial charge in [-0.05, 0) is 105 Å². The van der Waals surface area contributed by atoms with Crippen molar-refractivity contribution in [1.82, 2.24) is 10.2 Å². The van der Waals surface area contributed by atoms with Crippen LogP contribution in [0.25, 0.3) is 0 Å². The van der Waals surface area contributed by atoms with Crippen LogP contribution in [0.1, 0.15) is 43.0 Å². The van der Waals surface area contributed by atoms with Crippen LogP contribution >= 0.6 is 34.8 Å². The molecule has 7 nitrogen and oxygen atoms in total. The smallest absolute Gasteiger partial charge is 0.264 e. The van der Waals surface area contributed by atoms with Gasteiger partial charge in [0.15, 0.2) is 0 Å². The highest BCUT2D eigenvalue weighted by Crippen LogP contribution is 2.29. The lowest BCUT2D eigenvalue weighted by Crippen LogP contribution is -2.56. The number of nitrogens with zero attached hydrogens (tertiary/aromatic N) is 2. The van der Waals surface area contributed by atoms with Crippen molar-refractivity contribution in [3.8, 4) is 0 Å². The fourth-order valence-electron chi connectivity index (χ4n) is 4.98. The van der Waals surface area contributed by atoms with Gasteiger partial charge in [-0.25, -0.2) is 8.42 Å². The van der Waals surface area contributed by atoms with Gasteiger partial charge >= 0.3 is 0 Å². The highest BCUT2D eigenvalue weighted by molar-refractivity contribution is 7.92. The van der Waals surface area contributed by atoms with E-state index in [2.05, 4.69) is 5.32 Å². The maximum absolute atomic E-state index is 14.6. The van der Waals surface area contributed by atoms with E-state index >= 15 is 0 Å². The van der Waals surface area contributed by atoms with E-state index in [1.54, 1.807) is 36.4 Å². The lowest BCUT2D eigenvalue weighted by Gasteiger charge is -2.35. The van der Waals surface area contributed by atoms with E-state index in [-0.39, 0.29) is 17.9 Å².